The Bertz CT molecular complexity index is 512. The zero-order chi connectivity index (χ0) is 14.0. The van der Waals surface area contributed by atoms with Gasteiger partial charge >= 0.3 is 0 Å². The Hall–Kier alpha value is -1.91. The third-order valence-corrected chi connectivity index (χ3v) is 3.10. The van der Waals surface area contributed by atoms with Crippen LogP contribution >= 0.6 is 0 Å². The van der Waals surface area contributed by atoms with Crippen LogP contribution in [0.1, 0.15) is 28.8 Å². The van der Waals surface area contributed by atoms with Crippen molar-refractivity contribution in [1.82, 2.24) is 10.2 Å². The Kier molecular flexibility index (Phi) is 3.83. The number of benzene rings is 1. The van der Waals surface area contributed by atoms with Crippen LogP contribution in [0.4, 0.5) is 4.39 Å². The second kappa shape index (κ2) is 5.38. The first-order chi connectivity index (χ1) is 8.97. The van der Waals surface area contributed by atoms with Gasteiger partial charge in [-0.2, -0.15) is 0 Å². The number of rotatable bonds is 4. The lowest BCUT2D eigenvalue weighted by Crippen LogP contribution is -2.39. The van der Waals surface area contributed by atoms with Gasteiger partial charge < -0.3 is 10.2 Å². The first-order valence-corrected chi connectivity index (χ1v) is 6.28. The van der Waals surface area contributed by atoms with Gasteiger partial charge in [-0.05, 0) is 37.5 Å². The van der Waals surface area contributed by atoms with Crippen molar-refractivity contribution in [3.8, 4) is 0 Å². The highest BCUT2D eigenvalue weighted by molar-refractivity contribution is 5.97. The number of halogens is 1. The molecule has 1 aromatic rings. The van der Waals surface area contributed by atoms with E-state index in [9.17, 15) is 14.0 Å². The van der Waals surface area contributed by atoms with Crippen LogP contribution in [0, 0.1) is 12.7 Å². The van der Waals surface area contributed by atoms with Crippen molar-refractivity contribution in [3.05, 3.63) is 35.1 Å². The fourth-order valence-corrected chi connectivity index (χ4v) is 1.82. The van der Waals surface area contributed by atoms with E-state index in [2.05, 4.69) is 5.32 Å². The zero-order valence-electron chi connectivity index (χ0n) is 11.1. The summed E-state index contributed by atoms with van der Waals surface area (Å²) in [5, 5.41) is 2.81. The van der Waals surface area contributed by atoms with Crippen molar-refractivity contribution in [1.29, 1.82) is 0 Å². The van der Waals surface area contributed by atoms with Crippen molar-refractivity contribution >= 4 is 11.8 Å². The Labute approximate surface area is 111 Å². The van der Waals surface area contributed by atoms with Crippen LogP contribution in [0.2, 0.25) is 0 Å². The minimum atomic E-state index is -0.454. The number of carbonyl (C=O) groups excluding carboxylic acids is 2. The molecule has 19 heavy (non-hydrogen) atoms. The summed E-state index contributed by atoms with van der Waals surface area (Å²) in [5.74, 6) is -0.972. The molecule has 1 N–H and O–H groups in total. The number of nitrogens with zero attached hydrogens (tertiary/aromatic N) is 1. The third-order valence-electron chi connectivity index (χ3n) is 3.10. The second-order valence-corrected chi connectivity index (χ2v) is 4.96. The average molecular weight is 264 g/mol. The number of carbonyl (C=O) groups is 2. The Balaban J connectivity index is 2.01. The summed E-state index contributed by atoms with van der Waals surface area (Å²) in [6, 6.07) is 4.34. The molecule has 1 fully saturated rings. The van der Waals surface area contributed by atoms with Crippen LogP contribution in [-0.4, -0.2) is 36.3 Å². The van der Waals surface area contributed by atoms with E-state index < -0.39 is 5.82 Å². The molecule has 4 nitrogen and oxygen atoms in total. The van der Waals surface area contributed by atoms with Gasteiger partial charge in [-0.3, -0.25) is 9.59 Å². The number of hydrogen-bond acceptors (Lipinski definition) is 2. The normalized spacial score (nSPS) is 14.1. The second-order valence-electron chi connectivity index (χ2n) is 4.96. The Morgan fingerprint density at radius 2 is 2.11 bits per heavy atom. The highest BCUT2D eigenvalue weighted by Crippen LogP contribution is 2.18. The summed E-state index contributed by atoms with van der Waals surface area (Å²) in [5.41, 5.74) is 0.988. The van der Waals surface area contributed by atoms with Crippen molar-refractivity contribution in [2.75, 3.05) is 13.6 Å². The van der Waals surface area contributed by atoms with E-state index in [1.165, 1.54) is 17.0 Å². The first kappa shape index (κ1) is 13.5. The summed E-state index contributed by atoms with van der Waals surface area (Å²) in [4.78, 5) is 25.1. The molecule has 0 unspecified atom stereocenters. The Morgan fingerprint density at radius 1 is 1.42 bits per heavy atom. The fourth-order valence-electron chi connectivity index (χ4n) is 1.82. The smallest absolute Gasteiger partial charge is 0.254 e. The van der Waals surface area contributed by atoms with Crippen LogP contribution in [0.3, 0.4) is 0 Å². The predicted octanol–water partition coefficient (Wildman–Crippen LogP) is 1.48. The van der Waals surface area contributed by atoms with Crippen molar-refractivity contribution < 1.29 is 14.0 Å². The molecule has 0 aliphatic heterocycles. The molecule has 0 saturated heterocycles. The van der Waals surface area contributed by atoms with Crippen LogP contribution in [0.5, 0.6) is 0 Å². The van der Waals surface area contributed by atoms with Crippen molar-refractivity contribution in [2.24, 2.45) is 0 Å². The lowest BCUT2D eigenvalue weighted by molar-refractivity contribution is -0.121. The summed E-state index contributed by atoms with van der Waals surface area (Å²) >= 11 is 0. The number of nitrogens with one attached hydrogen (secondary N) is 1. The molecule has 1 aliphatic rings. The summed E-state index contributed by atoms with van der Waals surface area (Å²) in [6.45, 7) is 1.73. The van der Waals surface area contributed by atoms with E-state index in [4.69, 9.17) is 0 Å². The number of amides is 2. The molecule has 0 aromatic heterocycles. The number of aryl methyl sites for hydroxylation is 1. The van der Waals surface area contributed by atoms with Gasteiger partial charge in [-0.25, -0.2) is 4.39 Å². The molecule has 1 saturated carbocycles. The summed E-state index contributed by atoms with van der Waals surface area (Å²) in [7, 11) is 1.54. The summed E-state index contributed by atoms with van der Waals surface area (Å²) < 4.78 is 13.2. The molecule has 2 rings (SSSR count). The van der Waals surface area contributed by atoms with E-state index in [0.717, 1.165) is 12.8 Å². The molecule has 0 radical (unpaired) electrons. The maximum Gasteiger partial charge on any atom is 0.254 e. The van der Waals surface area contributed by atoms with Gasteiger partial charge in [0.25, 0.3) is 5.91 Å². The molecular weight excluding hydrogens is 247 g/mol. The molecule has 102 valence electrons. The van der Waals surface area contributed by atoms with Gasteiger partial charge in [0.1, 0.15) is 5.82 Å². The molecule has 1 aromatic carbocycles. The van der Waals surface area contributed by atoms with Crippen LogP contribution in [0.15, 0.2) is 18.2 Å². The van der Waals surface area contributed by atoms with Gasteiger partial charge in [0.05, 0.1) is 6.54 Å². The fraction of sp³-hybridized carbons (Fsp3) is 0.429. The lowest BCUT2D eigenvalue weighted by atomic mass is 10.1. The summed E-state index contributed by atoms with van der Waals surface area (Å²) in [6.07, 6.45) is 2.01. The monoisotopic (exact) mass is 264 g/mol. The van der Waals surface area contributed by atoms with Gasteiger partial charge in [-0.15, -0.1) is 0 Å². The molecule has 1 aliphatic carbocycles. The highest BCUT2D eigenvalue weighted by atomic mass is 19.1. The van der Waals surface area contributed by atoms with E-state index in [0.29, 0.717) is 11.1 Å². The quantitative estimate of drug-likeness (QED) is 0.895. The van der Waals surface area contributed by atoms with Gasteiger partial charge in [-0.1, -0.05) is 6.07 Å². The predicted molar refractivity (Wildman–Crippen MR) is 69.3 cm³/mol. The molecule has 5 heteroatoms. The largest absolute Gasteiger partial charge is 0.352 e. The van der Waals surface area contributed by atoms with Crippen LogP contribution in [-0.2, 0) is 4.79 Å². The maximum absolute atomic E-state index is 13.2. The molecule has 0 bridgehead atoms. The van der Waals surface area contributed by atoms with Gasteiger partial charge in [0, 0.05) is 18.7 Å². The van der Waals surface area contributed by atoms with Gasteiger partial charge in [0.2, 0.25) is 5.91 Å². The SMILES string of the molecule is Cc1ccc(F)cc1C(=O)N(C)CC(=O)NC1CC1. The molecule has 0 heterocycles. The highest BCUT2D eigenvalue weighted by Gasteiger charge is 2.24. The molecular formula is C14H17FN2O2. The van der Waals surface area contributed by atoms with Crippen LogP contribution in [0.25, 0.3) is 0 Å². The molecule has 0 spiro atoms. The van der Waals surface area contributed by atoms with Crippen LogP contribution < -0.4 is 5.32 Å². The van der Waals surface area contributed by atoms with E-state index >= 15 is 0 Å². The van der Waals surface area contributed by atoms with E-state index in [-0.39, 0.29) is 24.4 Å². The first-order valence-electron chi connectivity index (χ1n) is 6.28. The van der Waals surface area contributed by atoms with E-state index in [1.54, 1.807) is 20.0 Å². The van der Waals surface area contributed by atoms with Gasteiger partial charge in [0.15, 0.2) is 0 Å². The standard InChI is InChI=1S/C14H17FN2O2/c1-9-3-4-10(15)7-12(9)14(19)17(2)8-13(18)16-11-5-6-11/h3-4,7,11H,5-6,8H2,1-2H3,(H,16,18). The van der Waals surface area contributed by atoms with E-state index in [1.807, 2.05) is 0 Å². The third kappa shape index (κ3) is 3.53. The Morgan fingerprint density at radius 3 is 2.74 bits per heavy atom. The average Bonchev–Trinajstić information content (AvgIpc) is 3.15. The van der Waals surface area contributed by atoms with Crippen molar-refractivity contribution in [3.63, 3.8) is 0 Å². The topological polar surface area (TPSA) is 49.4 Å². The molecule has 0 atom stereocenters. The number of likely N-dealkylation sites (N-methyl/N-ethyl adjacent to an activating group) is 1. The lowest BCUT2D eigenvalue weighted by Gasteiger charge is -2.18. The van der Waals surface area contributed by atoms with Crippen molar-refractivity contribution in [2.45, 2.75) is 25.8 Å². The minimum absolute atomic E-state index is 0.00864. The zero-order valence-corrected chi connectivity index (χ0v) is 11.1. The maximum atomic E-state index is 13.2. The number of hydrogen-bond donors (Lipinski definition) is 1. The molecule has 2 amide bonds. The minimum Gasteiger partial charge on any atom is -0.352 e.